The van der Waals surface area contributed by atoms with Gasteiger partial charge < -0.3 is 28.5 Å². The van der Waals surface area contributed by atoms with Crippen LogP contribution in [0.4, 0.5) is 0 Å². The van der Waals surface area contributed by atoms with Gasteiger partial charge in [0.15, 0.2) is 0 Å². The summed E-state index contributed by atoms with van der Waals surface area (Å²) in [5, 5.41) is 0. The highest BCUT2D eigenvalue weighted by atomic mass is 127. The van der Waals surface area contributed by atoms with E-state index in [9.17, 15) is 0 Å². The first-order valence-corrected chi connectivity index (χ1v) is 3.92. The molecule has 1 nitrogen and oxygen atoms in total. The fraction of sp³-hybridized carbons (Fsp3) is 1.00. The molecular weight excluding hydrogens is 237 g/mol. The summed E-state index contributed by atoms with van der Waals surface area (Å²) in [5.74, 6) is 0. The molecule has 0 spiro atoms. The lowest BCUT2D eigenvalue weighted by atomic mass is 10.2. The summed E-state index contributed by atoms with van der Waals surface area (Å²) in [7, 11) is 6.90. The van der Waals surface area contributed by atoms with Gasteiger partial charge in [-0.25, -0.2) is 0 Å². The first-order chi connectivity index (χ1) is 4.11. The molecule has 0 heterocycles. The zero-order chi connectivity index (χ0) is 6.91. The van der Waals surface area contributed by atoms with Gasteiger partial charge in [0.1, 0.15) is 0 Å². The molecule has 1 aliphatic rings. The van der Waals surface area contributed by atoms with Gasteiger partial charge in [0.2, 0.25) is 0 Å². The Morgan fingerprint density at radius 2 is 1.40 bits per heavy atom. The molecule has 0 aliphatic heterocycles. The van der Waals surface area contributed by atoms with Crippen LogP contribution in [-0.2, 0) is 0 Å². The predicted octanol–water partition coefficient (Wildman–Crippen LogP) is -1.36. The van der Waals surface area contributed by atoms with Crippen molar-refractivity contribution >= 4 is 0 Å². The normalized spacial score (nSPS) is 20.7. The maximum Gasteiger partial charge on any atom is 0.0884 e. The minimum absolute atomic E-state index is 0. The lowest BCUT2D eigenvalue weighted by Crippen LogP contribution is -3.00. The second-order valence-corrected chi connectivity index (χ2v) is 4.05. The zero-order valence-electron chi connectivity index (χ0n) is 7.23. The molecule has 0 atom stereocenters. The van der Waals surface area contributed by atoms with Crippen LogP contribution in [0.25, 0.3) is 0 Å². The molecule has 0 aromatic carbocycles. The molecule has 0 unspecified atom stereocenters. The number of quaternary nitrogens is 1. The van der Waals surface area contributed by atoms with Crippen LogP contribution < -0.4 is 24.0 Å². The first-order valence-electron chi connectivity index (χ1n) is 3.92. The Labute approximate surface area is 81.4 Å². The van der Waals surface area contributed by atoms with E-state index in [1.807, 2.05) is 0 Å². The highest BCUT2D eigenvalue weighted by Gasteiger charge is 2.26. The van der Waals surface area contributed by atoms with Gasteiger partial charge in [0.05, 0.1) is 27.2 Å². The SMILES string of the molecule is C[N+](C)(C)C1CCCC1.[I-]. The standard InChI is InChI=1S/C8H18N.HI/c1-9(2,3)8-6-4-5-7-8;/h8H,4-7H2,1-3H3;1H/q+1;/p-1. The summed E-state index contributed by atoms with van der Waals surface area (Å²) in [5.41, 5.74) is 0. The number of halogens is 1. The largest absolute Gasteiger partial charge is 1.00 e. The van der Waals surface area contributed by atoms with Crippen LogP contribution in [0.1, 0.15) is 25.7 Å². The van der Waals surface area contributed by atoms with Crippen molar-refractivity contribution < 1.29 is 28.5 Å². The van der Waals surface area contributed by atoms with Crippen molar-refractivity contribution in [2.75, 3.05) is 21.1 Å². The van der Waals surface area contributed by atoms with E-state index in [0.717, 1.165) is 6.04 Å². The van der Waals surface area contributed by atoms with E-state index in [0.29, 0.717) is 0 Å². The van der Waals surface area contributed by atoms with Gasteiger partial charge >= 0.3 is 0 Å². The van der Waals surface area contributed by atoms with E-state index in [2.05, 4.69) is 21.1 Å². The maximum absolute atomic E-state index is 2.30. The summed E-state index contributed by atoms with van der Waals surface area (Å²) in [6.45, 7) is 0. The third-order valence-electron chi connectivity index (χ3n) is 2.42. The molecule has 2 heteroatoms. The van der Waals surface area contributed by atoms with Gasteiger partial charge in [-0.3, -0.25) is 0 Å². The number of rotatable bonds is 1. The van der Waals surface area contributed by atoms with E-state index < -0.39 is 0 Å². The summed E-state index contributed by atoms with van der Waals surface area (Å²) in [6.07, 6.45) is 5.81. The van der Waals surface area contributed by atoms with E-state index in [1.165, 1.54) is 30.2 Å². The summed E-state index contributed by atoms with van der Waals surface area (Å²) >= 11 is 0. The quantitative estimate of drug-likeness (QED) is 0.401. The van der Waals surface area contributed by atoms with Crippen LogP contribution in [0.5, 0.6) is 0 Å². The molecule has 1 saturated carbocycles. The highest BCUT2D eigenvalue weighted by Crippen LogP contribution is 2.24. The molecule has 10 heavy (non-hydrogen) atoms. The first kappa shape index (κ1) is 10.7. The number of hydrogen-bond donors (Lipinski definition) is 0. The molecule has 0 radical (unpaired) electrons. The van der Waals surface area contributed by atoms with Crippen LogP contribution in [0.2, 0.25) is 0 Å². The average Bonchev–Trinajstić information content (AvgIpc) is 2.08. The van der Waals surface area contributed by atoms with Crippen LogP contribution in [0.3, 0.4) is 0 Å². The van der Waals surface area contributed by atoms with Crippen molar-refractivity contribution in [3.05, 3.63) is 0 Å². The maximum atomic E-state index is 2.30. The van der Waals surface area contributed by atoms with Gasteiger partial charge in [-0.2, -0.15) is 0 Å². The number of nitrogens with zero attached hydrogens (tertiary/aromatic N) is 1. The summed E-state index contributed by atoms with van der Waals surface area (Å²) in [4.78, 5) is 0. The van der Waals surface area contributed by atoms with Crippen molar-refractivity contribution in [3.8, 4) is 0 Å². The molecular formula is C8H18IN. The Morgan fingerprint density at radius 1 is 1.00 bits per heavy atom. The Bertz CT molecular complexity index is 89.9. The lowest BCUT2D eigenvalue weighted by molar-refractivity contribution is -0.895. The molecule has 0 aromatic rings. The zero-order valence-corrected chi connectivity index (χ0v) is 9.39. The van der Waals surface area contributed by atoms with Gasteiger partial charge in [-0.05, 0) is 25.7 Å². The molecule has 0 aromatic heterocycles. The van der Waals surface area contributed by atoms with Crippen molar-refractivity contribution in [2.45, 2.75) is 31.7 Å². The molecule has 0 N–H and O–H groups in total. The van der Waals surface area contributed by atoms with Crippen molar-refractivity contribution in [3.63, 3.8) is 0 Å². The van der Waals surface area contributed by atoms with Gasteiger partial charge in [0, 0.05) is 0 Å². The summed E-state index contributed by atoms with van der Waals surface area (Å²) < 4.78 is 1.17. The van der Waals surface area contributed by atoms with Crippen molar-refractivity contribution in [1.29, 1.82) is 0 Å². The molecule has 0 bridgehead atoms. The Hall–Kier alpha value is 0.690. The Kier molecular flexibility index (Phi) is 4.17. The van der Waals surface area contributed by atoms with Gasteiger partial charge in [0.25, 0.3) is 0 Å². The van der Waals surface area contributed by atoms with E-state index in [4.69, 9.17) is 0 Å². The lowest BCUT2D eigenvalue weighted by Gasteiger charge is -2.31. The predicted molar refractivity (Wildman–Crippen MR) is 40.3 cm³/mol. The second kappa shape index (κ2) is 3.90. The monoisotopic (exact) mass is 255 g/mol. The minimum Gasteiger partial charge on any atom is -1.00 e. The minimum atomic E-state index is 0. The topological polar surface area (TPSA) is 0 Å². The second-order valence-electron chi connectivity index (χ2n) is 4.05. The fourth-order valence-corrected chi connectivity index (χ4v) is 1.68. The molecule has 0 amide bonds. The Balaban J connectivity index is 0.000000810. The van der Waals surface area contributed by atoms with Crippen molar-refractivity contribution in [1.82, 2.24) is 0 Å². The smallest absolute Gasteiger partial charge is 0.0884 e. The average molecular weight is 255 g/mol. The Morgan fingerprint density at radius 3 is 1.60 bits per heavy atom. The number of hydrogen-bond acceptors (Lipinski definition) is 0. The highest BCUT2D eigenvalue weighted by molar-refractivity contribution is 4.66. The van der Waals surface area contributed by atoms with Gasteiger partial charge in [-0.1, -0.05) is 0 Å². The molecule has 1 aliphatic carbocycles. The fourth-order valence-electron chi connectivity index (χ4n) is 1.68. The van der Waals surface area contributed by atoms with Crippen LogP contribution in [-0.4, -0.2) is 31.7 Å². The van der Waals surface area contributed by atoms with Crippen LogP contribution in [0, 0.1) is 0 Å². The van der Waals surface area contributed by atoms with Crippen LogP contribution >= 0.6 is 0 Å². The molecule has 1 fully saturated rings. The van der Waals surface area contributed by atoms with Crippen LogP contribution in [0.15, 0.2) is 0 Å². The van der Waals surface area contributed by atoms with Gasteiger partial charge in [-0.15, -0.1) is 0 Å². The van der Waals surface area contributed by atoms with E-state index >= 15 is 0 Å². The third kappa shape index (κ3) is 2.74. The molecule has 1 rings (SSSR count). The molecule has 0 saturated heterocycles. The van der Waals surface area contributed by atoms with E-state index in [-0.39, 0.29) is 24.0 Å². The van der Waals surface area contributed by atoms with E-state index in [1.54, 1.807) is 0 Å². The summed E-state index contributed by atoms with van der Waals surface area (Å²) in [6, 6.07) is 0.949. The third-order valence-corrected chi connectivity index (χ3v) is 2.42. The molecule has 62 valence electrons. The van der Waals surface area contributed by atoms with Crippen molar-refractivity contribution in [2.24, 2.45) is 0 Å².